The fourth-order valence-electron chi connectivity index (χ4n) is 2.04. The number of furan rings is 1. The molecule has 1 aromatic heterocycles. The van der Waals surface area contributed by atoms with Crippen LogP contribution in [0.4, 0.5) is 0 Å². The first-order valence-corrected chi connectivity index (χ1v) is 7.74. The normalized spacial score (nSPS) is 11.8. The van der Waals surface area contributed by atoms with Crippen molar-refractivity contribution in [3.8, 4) is 0 Å². The van der Waals surface area contributed by atoms with Crippen LogP contribution in [0, 0.1) is 13.8 Å². The Hall–Kier alpha value is -1.63. The minimum Gasteiger partial charge on any atom is -0.468 e. The van der Waals surface area contributed by atoms with Gasteiger partial charge in [0.05, 0.1) is 17.7 Å². The number of sulfonamides is 1. The lowest BCUT2D eigenvalue weighted by Gasteiger charge is -2.12. The van der Waals surface area contributed by atoms with E-state index in [1.807, 2.05) is 13.0 Å². The highest BCUT2D eigenvalue weighted by molar-refractivity contribution is 7.89. The monoisotopic (exact) mass is 294 g/mol. The van der Waals surface area contributed by atoms with Gasteiger partial charge < -0.3 is 10.2 Å². The summed E-state index contributed by atoms with van der Waals surface area (Å²) in [6, 6.07) is 6.90. The van der Waals surface area contributed by atoms with Gasteiger partial charge in [-0.2, -0.15) is 0 Å². The van der Waals surface area contributed by atoms with E-state index < -0.39 is 10.0 Å². The molecule has 1 aromatic carbocycles. The summed E-state index contributed by atoms with van der Waals surface area (Å²) in [5, 5.41) is 0. The second-order valence-electron chi connectivity index (χ2n) is 4.65. The minimum absolute atomic E-state index is 0.126. The lowest BCUT2D eigenvalue weighted by Crippen LogP contribution is -2.24. The summed E-state index contributed by atoms with van der Waals surface area (Å²) < 4.78 is 32.3. The largest absolute Gasteiger partial charge is 0.468 e. The van der Waals surface area contributed by atoms with Gasteiger partial charge in [0.1, 0.15) is 5.76 Å². The Kier molecular flexibility index (Phi) is 4.27. The molecule has 1 heterocycles. The molecule has 0 aliphatic heterocycles. The Balaban J connectivity index is 2.29. The van der Waals surface area contributed by atoms with E-state index in [0.29, 0.717) is 17.9 Å². The van der Waals surface area contributed by atoms with Crippen LogP contribution in [0.3, 0.4) is 0 Å². The van der Waals surface area contributed by atoms with Crippen molar-refractivity contribution in [2.75, 3.05) is 0 Å². The molecule has 0 saturated carbocycles. The topological polar surface area (TPSA) is 85.3 Å². The fraction of sp³-hybridized carbons (Fsp3) is 0.286. The predicted molar refractivity (Wildman–Crippen MR) is 76.5 cm³/mol. The molecular weight excluding hydrogens is 276 g/mol. The van der Waals surface area contributed by atoms with Gasteiger partial charge in [0.2, 0.25) is 10.0 Å². The van der Waals surface area contributed by atoms with Crippen LogP contribution in [-0.4, -0.2) is 8.42 Å². The third-order valence-corrected chi connectivity index (χ3v) is 4.70. The zero-order chi connectivity index (χ0) is 14.8. The van der Waals surface area contributed by atoms with Crippen molar-refractivity contribution < 1.29 is 12.8 Å². The van der Waals surface area contributed by atoms with Crippen molar-refractivity contribution in [3.63, 3.8) is 0 Å². The van der Waals surface area contributed by atoms with Crippen LogP contribution in [0.2, 0.25) is 0 Å². The molecule has 0 unspecified atom stereocenters. The molecule has 0 aliphatic rings. The molecule has 3 N–H and O–H groups in total. The number of hydrogen-bond acceptors (Lipinski definition) is 4. The lowest BCUT2D eigenvalue weighted by atomic mass is 10.1. The maximum Gasteiger partial charge on any atom is 0.241 e. The third-order valence-electron chi connectivity index (χ3n) is 3.16. The quantitative estimate of drug-likeness (QED) is 0.881. The first kappa shape index (κ1) is 14.8. The van der Waals surface area contributed by atoms with Crippen molar-refractivity contribution in [3.05, 3.63) is 53.0 Å². The molecule has 0 radical (unpaired) electrons. The highest BCUT2D eigenvalue weighted by Crippen LogP contribution is 2.20. The van der Waals surface area contributed by atoms with E-state index in [4.69, 9.17) is 10.2 Å². The van der Waals surface area contributed by atoms with Crippen LogP contribution in [0.15, 0.2) is 39.8 Å². The van der Waals surface area contributed by atoms with E-state index in [1.165, 1.54) is 6.26 Å². The smallest absolute Gasteiger partial charge is 0.241 e. The van der Waals surface area contributed by atoms with E-state index in [0.717, 1.165) is 11.1 Å². The number of rotatable bonds is 5. The number of hydrogen-bond donors (Lipinski definition) is 2. The summed E-state index contributed by atoms with van der Waals surface area (Å²) in [6.45, 7) is 4.13. The van der Waals surface area contributed by atoms with Crippen molar-refractivity contribution in [1.29, 1.82) is 0 Å². The third kappa shape index (κ3) is 3.09. The molecule has 20 heavy (non-hydrogen) atoms. The SMILES string of the molecule is Cc1cc(C)c(S(=O)(=O)NCc2ccco2)cc1CN. The van der Waals surface area contributed by atoms with Crippen LogP contribution in [-0.2, 0) is 23.1 Å². The first-order chi connectivity index (χ1) is 9.44. The first-order valence-electron chi connectivity index (χ1n) is 6.26. The summed E-state index contributed by atoms with van der Waals surface area (Å²) in [4.78, 5) is 0.259. The Morgan fingerprint density at radius 1 is 1.25 bits per heavy atom. The second kappa shape index (κ2) is 5.78. The van der Waals surface area contributed by atoms with Gasteiger partial charge in [-0.1, -0.05) is 6.07 Å². The summed E-state index contributed by atoms with van der Waals surface area (Å²) in [6.07, 6.45) is 1.51. The van der Waals surface area contributed by atoms with Crippen molar-refractivity contribution >= 4 is 10.0 Å². The van der Waals surface area contributed by atoms with Gasteiger partial charge in [0.15, 0.2) is 0 Å². The van der Waals surface area contributed by atoms with Crippen LogP contribution >= 0.6 is 0 Å². The molecule has 0 aliphatic carbocycles. The summed E-state index contributed by atoms with van der Waals surface area (Å²) >= 11 is 0. The highest BCUT2D eigenvalue weighted by Gasteiger charge is 2.18. The molecule has 5 nitrogen and oxygen atoms in total. The predicted octanol–water partition coefficient (Wildman–Crippen LogP) is 1.83. The van der Waals surface area contributed by atoms with Crippen molar-refractivity contribution in [2.45, 2.75) is 31.8 Å². The van der Waals surface area contributed by atoms with Gasteiger partial charge >= 0.3 is 0 Å². The average molecular weight is 294 g/mol. The van der Waals surface area contributed by atoms with Gasteiger partial charge in [0, 0.05) is 6.54 Å². The van der Waals surface area contributed by atoms with E-state index in [-0.39, 0.29) is 11.4 Å². The van der Waals surface area contributed by atoms with Crippen LogP contribution in [0.25, 0.3) is 0 Å². The Bertz CT molecular complexity index is 691. The van der Waals surface area contributed by atoms with Gasteiger partial charge in [-0.3, -0.25) is 0 Å². The number of nitrogens with one attached hydrogen (secondary N) is 1. The Morgan fingerprint density at radius 2 is 2.00 bits per heavy atom. The Morgan fingerprint density at radius 3 is 2.60 bits per heavy atom. The second-order valence-corrected chi connectivity index (χ2v) is 6.39. The van der Waals surface area contributed by atoms with Crippen LogP contribution in [0.1, 0.15) is 22.5 Å². The standard InChI is InChI=1S/C14H18N2O3S/c1-10-6-11(2)14(7-12(10)8-15)20(17,18)16-9-13-4-3-5-19-13/h3-7,16H,8-9,15H2,1-2H3. The zero-order valence-electron chi connectivity index (χ0n) is 11.5. The average Bonchev–Trinajstić information content (AvgIpc) is 2.89. The molecule has 0 fully saturated rings. The van der Waals surface area contributed by atoms with Gasteiger partial charge in [-0.25, -0.2) is 13.1 Å². The van der Waals surface area contributed by atoms with Crippen LogP contribution in [0.5, 0.6) is 0 Å². The van der Waals surface area contributed by atoms with Crippen molar-refractivity contribution in [2.24, 2.45) is 5.73 Å². The lowest BCUT2D eigenvalue weighted by molar-refractivity contribution is 0.498. The van der Waals surface area contributed by atoms with Crippen molar-refractivity contribution in [1.82, 2.24) is 4.72 Å². The molecule has 2 aromatic rings. The maximum absolute atomic E-state index is 12.3. The molecule has 108 valence electrons. The molecule has 0 atom stereocenters. The van der Waals surface area contributed by atoms with Gasteiger partial charge in [0.25, 0.3) is 0 Å². The molecule has 0 spiro atoms. The highest BCUT2D eigenvalue weighted by atomic mass is 32.2. The number of benzene rings is 1. The molecule has 0 bridgehead atoms. The van der Waals surface area contributed by atoms with E-state index in [9.17, 15) is 8.42 Å². The maximum atomic E-state index is 12.3. The van der Waals surface area contributed by atoms with E-state index in [1.54, 1.807) is 25.1 Å². The summed E-state index contributed by atoms with van der Waals surface area (Å²) in [5.41, 5.74) is 8.16. The number of aryl methyl sites for hydroxylation is 2. The molecule has 2 rings (SSSR count). The number of nitrogens with two attached hydrogens (primary N) is 1. The fourth-order valence-corrected chi connectivity index (χ4v) is 3.31. The molecule has 6 heteroatoms. The molecule has 0 amide bonds. The summed E-state index contributed by atoms with van der Waals surface area (Å²) in [7, 11) is -3.58. The van der Waals surface area contributed by atoms with Gasteiger partial charge in [-0.05, 0) is 48.7 Å². The molecular formula is C14H18N2O3S. The summed E-state index contributed by atoms with van der Waals surface area (Å²) in [5.74, 6) is 0.567. The Labute approximate surface area is 118 Å². The molecule has 0 saturated heterocycles. The van der Waals surface area contributed by atoms with E-state index >= 15 is 0 Å². The van der Waals surface area contributed by atoms with E-state index in [2.05, 4.69) is 4.72 Å². The van der Waals surface area contributed by atoms with Crippen LogP contribution < -0.4 is 10.5 Å². The minimum atomic E-state index is -3.58. The zero-order valence-corrected chi connectivity index (χ0v) is 12.3. The van der Waals surface area contributed by atoms with Gasteiger partial charge in [-0.15, -0.1) is 0 Å².